The molecule has 8 nitrogen and oxygen atoms in total. The summed E-state index contributed by atoms with van der Waals surface area (Å²) in [7, 11) is 0. The summed E-state index contributed by atoms with van der Waals surface area (Å²) in [6.07, 6.45) is -0.509. The lowest BCUT2D eigenvalue weighted by molar-refractivity contribution is -0.121. The molecule has 0 bridgehead atoms. The van der Waals surface area contributed by atoms with Gasteiger partial charge in [-0.15, -0.1) is 0 Å². The van der Waals surface area contributed by atoms with E-state index in [0.29, 0.717) is 96.9 Å². The van der Waals surface area contributed by atoms with Crippen LogP contribution in [0.4, 0.5) is 0 Å². The van der Waals surface area contributed by atoms with E-state index >= 15 is 0 Å². The molecule has 8 aliphatic carbocycles. The van der Waals surface area contributed by atoms with Crippen LogP contribution < -0.4 is 22.9 Å². The third-order valence-corrected chi connectivity index (χ3v) is 16.1. The van der Waals surface area contributed by atoms with Crippen molar-refractivity contribution in [1.82, 2.24) is 0 Å². The van der Waals surface area contributed by atoms with Gasteiger partial charge in [0.2, 0.25) is 23.6 Å². The number of rotatable bonds is 4. The molecule has 4 atom stereocenters. The molecule has 8 aliphatic rings. The molecule has 11 heteroatoms. The van der Waals surface area contributed by atoms with Gasteiger partial charge in [-0.3, -0.25) is 19.2 Å². The Labute approximate surface area is 447 Å². The van der Waals surface area contributed by atoms with E-state index in [9.17, 15) is 19.2 Å². The largest absolute Gasteiger partial charge is 0.369 e. The summed E-state index contributed by atoms with van der Waals surface area (Å²) < 4.78 is 81.0. The number of hydrogen-bond donors (Lipinski definition) is 4. The molecule has 0 heterocycles. The number of carbonyl (C=O) groups excluding carboxylic acids is 4. The van der Waals surface area contributed by atoms with Crippen molar-refractivity contribution in [2.45, 2.75) is 130 Å². The minimum absolute atomic E-state index is 0.262. The third-order valence-electron chi connectivity index (χ3n) is 15.0. The monoisotopic (exact) mass is 1020 g/mol. The van der Waals surface area contributed by atoms with E-state index in [0.717, 1.165) is 106 Å². The van der Waals surface area contributed by atoms with Crippen molar-refractivity contribution in [3.05, 3.63) is 159 Å². The number of carbonyl (C=O) groups is 4. The van der Waals surface area contributed by atoms with Crippen LogP contribution in [-0.2, 0) is 44.9 Å². The highest BCUT2D eigenvalue weighted by Gasteiger charge is 2.37. The highest BCUT2D eigenvalue weighted by atomic mass is 35.5. The maximum atomic E-state index is 11.8. The Hall–Kier alpha value is -5.41. The van der Waals surface area contributed by atoms with Crippen molar-refractivity contribution < 1.29 is 32.9 Å². The highest BCUT2D eigenvalue weighted by Crippen LogP contribution is 2.49. The fourth-order valence-corrected chi connectivity index (χ4v) is 12.3. The lowest BCUT2D eigenvalue weighted by Crippen LogP contribution is -2.27. The normalized spacial score (nSPS) is 26.8. The Bertz CT molecular complexity index is 3570. The number of benzene rings is 4. The number of halogens is 3. The van der Waals surface area contributed by atoms with Gasteiger partial charge in [0, 0.05) is 26.0 Å². The second-order valence-corrected chi connectivity index (χ2v) is 20.8. The maximum absolute atomic E-state index is 11.8. The summed E-state index contributed by atoms with van der Waals surface area (Å²) in [5.74, 6) is -5.79. The average molecular weight is 1020 g/mol. The van der Waals surface area contributed by atoms with Gasteiger partial charge in [-0.2, -0.15) is 0 Å². The first-order valence-electron chi connectivity index (χ1n) is 29.2. The van der Waals surface area contributed by atoms with Crippen molar-refractivity contribution in [1.29, 1.82) is 0 Å². The van der Waals surface area contributed by atoms with Gasteiger partial charge in [-0.05, 0) is 260 Å². The van der Waals surface area contributed by atoms with Crippen molar-refractivity contribution in [3.8, 4) is 0 Å². The number of amides is 4. The predicted octanol–water partition coefficient (Wildman–Crippen LogP) is 12.3. The third kappa shape index (κ3) is 9.93. The van der Waals surface area contributed by atoms with Gasteiger partial charge in [0.1, 0.15) is 0 Å². The van der Waals surface area contributed by atoms with Crippen LogP contribution in [0.25, 0.3) is 22.3 Å². The first-order chi connectivity index (χ1) is 37.7. The summed E-state index contributed by atoms with van der Waals surface area (Å²) in [6, 6.07) is 14.4. The van der Waals surface area contributed by atoms with E-state index in [1.165, 1.54) is 0 Å². The van der Waals surface area contributed by atoms with E-state index in [4.69, 9.17) is 71.4 Å². The zero-order valence-electron chi connectivity index (χ0n) is 50.4. The Morgan fingerprint density at radius 2 is 0.901 bits per heavy atom. The number of nitrogens with two attached hydrogens (primary N) is 4. The quantitative estimate of drug-likeness (QED) is 0.159. The van der Waals surface area contributed by atoms with Gasteiger partial charge in [-0.1, -0.05) is 70.7 Å². The summed E-state index contributed by atoms with van der Waals surface area (Å²) in [6.45, 7) is 7.64. The molecule has 4 aromatic rings. The van der Waals surface area contributed by atoms with Gasteiger partial charge in [0.15, 0.2) is 0 Å². The number of aryl methyl sites for hydroxylation is 3. The van der Waals surface area contributed by atoms with E-state index in [2.05, 4.69) is 0 Å². The van der Waals surface area contributed by atoms with Gasteiger partial charge in [0.25, 0.3) is 0 Å². The SMILES string of the molecule is [2H]C1([2H])CCC2=C(Cc3c(C)cc(Cl)cc32)C1C(N)=O.[2H]C1([2H])CCC2=C(Cc3cc(C)c(Cl)cc32)C1C(N)=O.[2H]c1c(C)c(Cl)cc2c1CC1=C2CCC([2H])([2H])C1C(N)=O.[2H]c1c(C)ccc2c1C1=C(C2)C(C(N)=O)C([2H])([2H])CC1. The number of hydrogen-bond acceptors (Lipinski definition) is 4. The van der Waals surface area contributed by atoms with Gasteiger partial charge in [0.05, 0.1) is 26.4 Å². The zero-order chi connectivity index (χ0) is 59.5. The lowest BCUT2D eigenvalue weighted by atomic mass is 9.82. The molecule has 0 saturated heterocycles. The van der Waals surface area contributed by atoms with Gasteiger partial charge >= 0.3 is 0 Å². The molecule has 370 valence electrons. The molecule has 0 aliphatic heterocycles. The van der Waals surface area contributed by atoms with Crippen molar-refractivity contribution >= 4 is 80.7 Å². The smallest absolute Gasteiger partial charge is 0.224 e. The minimum Gasteiger partial charge on any atom is -0.369 e. The van der Waals surface area contributed by atoms with Crippen LogP contribution in [0.5, 0.6) is 0 Å². The Morgan fingerprint density at radius 3 is 1.41 bits per heavy atom. The van der Waals surface area contributed by atoms with Crippen LogP contribution in [0.3, 0.4) is 0 Å². The van der Waals surface area contributed by atoms with Crippen LogP contribution >= 0.6 is 34.8 Å². The molecule has 0 radical (unpaired) electrons. The van der Waals surface area contributed by atoms with Crippen LogP contribution in [0.15, 0.2) is 76.8 Å². The summed E-state index contributed by atoms with van der Waals surface area (Å²) in [4.78, 5) is 46.9. The molecule has 0 saturated carbocycles. The number of allylic oxidation sites excluding steroid dienone is 4. The molecule has 4 unspecified atom stereocenters. The van der Waals surface area contributed by atoms with E-state index in [-0.39, 0.29) is 12.8 Å². The first-order valence-corrected chi connectivity index (χ1v) is 25.3. The fraction of sp³-hybridized carbons (Fsp3) is 0.400. The predicted molar refractivity (Wildman–Crippen MR) is 288 cm³/mol. The molecule has 8 N–H and O–H groups in total. The van der Waals surface area contributed by atoms with Crippen LogP contribution in [0.1, 0.15) is 157 Å². The molecule has 0 spiro atoms. The number of fused-ring (bicyclic) bond motifs is 8. The molecule has 4 aromatic carbocycles. The van der Waals surface area contributed by atoms with Crippen LogP contribution in [0, 0.1) is 51.4 Å². The average Bonchev–Trinajstić information content (AvgIpc) is 2.69. The summed E-state index contributed by atoms with van der Waals surface area (Å²) in [5.41, 5.74) is 40.9. The summed E-state index contributed by atoms with van der Waals surface area (Å²) >= 11 is 18.5. The van der Waals surface area contributed by atoms with Crippen LogP contribution in [0.2, 0.25) is 15.1 Å². The molecule has 71 heavy (non-hydrogen) atoms. The van der Waals surface area contributed by atoms with Gasteiger partial charge < -0.3 is 22.9 Å². The van der Waals surface area contributed by atoms with Crippen molar-refractivity contribution in [2.75, 3.05) is 0 Å². The Kier molecular flexibility index (Phi) is 11.4. The lowest BCUT2D eigenvalue weighted by Gasteiger charge is -2.22. The number of primary amides is 4. The molecule has 0 fully saturated rings. The Balaban J connectivity index is 0.000000130. The molecule has 4 amide bonds. The highest BCUT2D eigenvalue weighted by molar-refractivity contribution is 6.32. The zero-order valence-corrected chi connectivity index (χ0v) is 42.7. The van der Waals surface area contributed by atoms with Crippen molar-refractivity contribution in [3.63, 3.8) is 0 Å². The summed E-state index contributed by atoms with van der Waals surface area (Å²) in [5, 5.41) is 1.93. The van der Waals surface area contributed by atoms with E-state index < -0.39 is 72.8 Å². The molecule has 12 rings (SSSR count). The standard InChI is InChI=1S/3C15H16ClNO.C15H17NO/c2*1-8-5-9-6-13-10(12(9)7-14(8)16)3-2-4-11(13)15(17)18;1-8-5-9(16)6-13-10-3-2-4-11(15(17)18)14(10)7-12(8)13;1-9-5-6-10-8-14-11(13(10)7-9)3-2-4-12(14)15(16)17/h2*5,7,11H,2-4,6H2,1H3,(H2,17,18);5-6,11H,2-4,7H2,1H3,(H2,17,18);5-7,12H,2-4,8H2,1H3,(H2,16,17)/i4D2,5D;2*4D2;4D2,7D. The molecular weight excluding hydrogens is 947 g/mol. The second-order valence-electron chi connectivity index (χ2n) is 19.6. The van der Waals surface area contributed by atoms with Gasteiger partial charge in [-0.25, -0.2) is 0 Å². The molecule has 0 aromatic heterocycles. The van der Waals surface area contributed by atoms with Crippen molar-refractivity contribution in [2.24, 2.45) is 46.6 Å². The van der Waals surface area contributed by atoms with E-state index in [1.54, 1.807) is 6.92 Å². The molecular formula is C60H65Cl3N4O4. The first kappa shape index (κ1) is 39.2. The van der Waals surface area contributed by atoms with Crippen LogP contribution in [-0.4, -0.2) is 23.6 Å². The van der Waals surface area contributed by atoms with E-state index in [1.807, 2.05) is 63.2 Å². The minimum atomic E-state index is -1.62. The second kappa shape index (κ2) is 20.6. The maximum Gasteiger partial charge on any atom is 0.224 e. The topological polar surface area (TPSA) is 172 Å². The Morgan fingerprint density at radius 1 is 0.479 bits per heavy atom. The fourth-order valence-electron chi connectivity index (χ4n) is 11.7.